The maximum absolute atomic E-state index is 13.0. The van der Waals surface area contributed by atoms with Crippen molar-refractivity contribution in [3.05, 3.63) is 71.0 Å². The Morgan fingerprint density at radius 2 is 1.75 bits per heavy atom. The molecule has 3 heterocycles. The van der Waals surface area contributed by atoms with Crippen molar-refractivity contribution in [1.29, 1.82) is 0 Å². The number of halogens is 1. The van der Waals surface area contributed by atoms with Crippen molar-refractivity contribution >= 4 is 53.0 Å². The van der Waals surface area contributed by atoms with Crippen molar-refractivity contribution in [2.24, 2.45) is 0 Å². The van der Waals surface area contributed by atoms with Gasteiger partial charge in [0.15, 0.2) is 16.6 Å². The van der Waals surface area contributed by atoms with E-state index in [-0.39, 0.29) is 18.1 Å². The number of rotatable bonds is 4. The van der Waals surface area contributed by atoms with Gasteiger partial charge >= 0.3 is 6.03 Å². The number of ether oxygens (including phenoxy) is 2. The Kier molecular flexibility index (Phi) is 5.12. The number of amides is 4. The molecule has 0 atom stereocenters. The van der Waals surface area contributed by atoms with Crippen LogP contribution in [0.1, 0.15) is 5.76 Å². The molecule has 1 saturated heterocycles. The van der Waals surface area contributed by atoms with Crippen LogP contribution in [0.2, 0.25) is 5.02 Å². The predicted molar refractivity (Wildman–Crippen MR) is 116 cm³/mol. The quantitative estimate of drug-likeness (QED) is 0.445. The Bertz CT molecular complexity index is 1280. The summed E-state index contributed by atoms with van der Waals surface area (Å²) in [6, 6.07) is 14.4. The third-order valence-corrected chi connectivity index (χ3v) is 5.82. The van der Waals surface area contributed by atoms with Crippen molar-refractivity contribution in [3.63, 3.8) is 0 Å². The SMILES string of the molecule is O=C1NC(=O)N(c2ccc3c(c2)OCO3)C(=O)/C1=C/c1ccc(Sc2ccc(Cl)cc2)o1. The summed E-state index contributed by atoms with van der Waals surface area (Å²) in [6.07, 6.45) is 1.30. The molecular formula is C22H13ClN2O6S. The topological polar surface area (TPSA) is 98.1 Å². The Labute approximate surface area is 190 Å². The maximum Gasteiger partial charge on any atom is 0.335 e. The molecule has 1 fully saturated rings. The molecule has 5 rings (SSSR count). The lowest BCUT2D eigenvalue weighted by atomic mass is 10.1. The fourth-order valence-corrected chi connectivity index (χ4v) is 4.05. The Morgan fingerprint density at radius 3 is 2.56 bits per heavy atom. The van der Waals surface area contributed by atoms with Crippen LogP contribution in [0.5, 0.6) is 11.5 Å². The lowest BCUT2D eigenvalue weighted by Crippen LogP contribution is -2.54. The highest BCUT2D eigenvalue weighted by Crippen LogP contribution is 2.36. The highest BCUT2D eigenvalue weighted by molar-refractivity contribution is 7.99. The number of carbonyl (C=O) groups is 3. The van der Waals surface area contributed by atoms with Gasteiger partial charge in [-0.3, -0.25) is 14.9 Å². The van der Waals surface area contributed by atoms with Crippen LogP contribution < -0.4 is 19.7 Å². The molecule has 0 unspecified atom stereocenters. The van der Waals surface area contributed by atoms with Gasteiger partial charge in [0.2, 0.25) is 6.79 Å². The zero-order valence-electron chi connectivity index (χ0n) is 16.2. The molecule has 0 aliphatic carbocycles. The minimum Gasteiger partial charge on any atom is -0.454 e. The molecule has 2 aromatic carbocycles. The molecule has 8 nitrogen and oxygen atoms in total. The van der Waals surface area contributed by atoms with Crippen molar-refractivity contribution < 1.29 is 28.3 Å². The van der Waals surface area contributed by atoms with Gasteiger partial charge in [0.05, 0.1) is 5.69 Å². The normalized spacial score (nSPS) is 16.6. The van der Waals surface area contributed by atoms with Crippen molar-refractivity contribution in [2.45, 2.75) is 9.99 Å². The third kappa shape index (κ3) is 3.83. The number of furan rings is 1. The average molecular weight is 469 g/mol. The van der Waals surface area contributed by atoms with Crippen LogP contribution >= 0.6 is 23.4 Å². The Hall–Kier alpha value is -3.69. The second kappa shape index (κ2) is 8.10. The summed E-state index contributed by atoms with van der Waals surface area (Å²) >= 11 is 7.26. The first kappa shape index (κ1) is 20.2. The summed E-state index contributed by atoms with van der Waals surface area (Å²) in [5, 5.41) is 3.36. The summed E-state index contributed by atoms with van der Waals surface area (Å²) in [4.78, 5) is 39.5. The predicted octanol–water partition coefficient (Wildman–Crippen LogP) is 4.48. The van der Waals surface area contributed by atoms with Crippen LogP contribution in [0, 0.1) is 0 Å². The molecule has 2 aliphatic heterocycles. The number of nitrogens with zero attached hydrogens (tertiary/aromatic N) is 1. The molecular weight excluding hydrogens is 456 g/mol. The minimum atomic E-state index is -0.852. The van der Waals surface area contributed by atoms with Crippen LogP contribution in [0.3, 0.4) is 0 Å². The minimum absolute atomic E-state index is 0.0530. The highest BCUT2D eigenvalue weighted by Gasteiger charge is 2.37. The van der Waals surface area contributed by atoms with E-state index in [2.05, 4.69) is 5.32 Å². The van der Waals surface area contributed by atoms with E-state index < -0.39 is 17.8 Å². The lowest BCUT2D eigenvalue weighted by Gasteiger charge is -2.26. The van der Waals surface area contributed by atoms with Gasteiger partial charge in [0, 0.05) is 16.0 Å². The molecule has 4 amide bonds. The zero-order valence-corrected chi connectivity index (χ0v) is 17.7. The van der Waals surface area contributed by atoms with E-state index in [9.17, 15) is 14.4 Å². The van der Waals surface area contributed by atoms with Gasteiger partial charge in [-0.1, -0.05) is 23.4 Å². The molecule has 0 saturated carbocycles. The van der Waals surface area contributed by atoms with Gasteiger partial charge in [0.1, 0.15) is 11.3 Å². The molecule has 2 aliphatic rings. The van der Waals surface area contributed by atoms with E-state index in [1.54, 1.807) is 30.3 Å². The van der Waals surface area contributed by atoms with Crippen molar-refractivity contribution in [3.8, 4) is 11.5 Å². The fourth-order valence-electron chi connectivity index (χ4n) is 3.14. The second-order valence-electron chi connectivity index (χ2n) is 6.71. The number of hydrogen-bond donors (Lipinski definition) is 1. The van der Waals surface area contributed by atoms with Gasteiger partial charge in [-0.05, 0) is 54.6 Å². The highest BCUT2D eigenvalue weighted by atomic mass is 35.5. The van der Waals surface area contributed by atoms with E-state index in [0.717, 1.165) is 9.80 Å². The van der Waals surface area contributed by atoms with Crippen molar-refractivity contribution in [2.75, 3.05) is 11.7 Å². The standard InChI is InChI=1S/C22H13ClN2O6S/c23-12-1-5-15(6-2-12)32-19-8-4-14(31-19)10-16-20(26)24-22(28)25(21(16)27)13-3-7-17-18(9-13)30-11-29-17/h1-10H,11H2,(H,24,26,28)/b16-10+. The number of barbiturate groups is 1. The molecule has 160 valence electrons. The second-order valence-corrected chi connectivity index (χ2v) is 8.22. The van der Waals surface area contributed by atoms with E-state index in [0.29, 0.717) is 27.4 Å². The molecule has 0 radical (unpaired) electrons. The van der Waals surface area contributed by atoms with E-state index in [1.165, 1.54) is 30.0 Å². The first-order chi connectivity index (χ1) is 15.5. The molecule has 0 bridgehead atoms. The van der Waals surface area contributed by atoms with Gasteiger partial charge in [-0.25, -0.2) is 9.69 Å². The van der Waals surface area contributed by atoms with E-state index in [1.807, 2.05) is 12.1 Å². The molecule has 0 spiro atoms. The van der Waals surface area contributed by atoms with Gasteiger partial charge < -0.3 is 13.9 Å². The maximum atomic E-state index is 13.0. The van der Waals surface area contributed by atoms with Crippen LogP contribution in [0.25, 0.3) is 6.08 Å². The van der Waals surface area contributed by atoms with Crippen molar-refractivity contribution in [1.82, 2.24) is 5.32 Å². The molecule has 3 aromatic rings. The third-order valence-electron chi connectivity index (χ3n) is 4.64. The number of carbonyl (C=O) groups excluding carboxylic acids is 3. The first-order valence-electron chi connectivity index (χ1n) is 9.32. The number of imide groups is 2. The van der Waals surface area contributed by atoms with Crippen LogP contribution in [-0.4, -0.2) is 24.6 Å². The molecule has 10 heteroatoms. The molecule has 1 N–H and O–H groups in total. The fraction of sp³-hybridized carbons (Fsp3) is 0.0455. The summed E-state index contributed by atoms with van der Waals surface area (Å²) in [7, 11) is 0. The largest absolute Gasteiger partial charge is 0.454 e. The summed E-state index contributed by atoms with van der Waals surface area (Å²) < 4.78 is 16.3. The summed E-state index contributed by atoms with van der Waals surface area (Å²) in [6.45, 7) is 0.0530. The van der Waals surface area contributed by atoms with Crippen LogP contribution in [-0.2, 0) is 9.59 Å². The zero-order chi connectivity index (χ0) is 22.2. The number of nitrogens with one attached hydrogen (secondary N) is 1. The van der Waals surface area contributed by atoms with Crippen LogP contribution in [0.15, 0.2) is 74.6 Å². The molecule has 1 aromatic heterocycles. The number of benzene rings is 2. The Balaban J connectivity index is 1.41. The smallest absolute Gasteiger partial charge is 0.335 e. The van der Waals surface area contributed by atoms with Gasteiger partial charge in [-0.2, -0.15) is 0 Å². The number of fused-ring (bicyclic) bond motifs is 1. The van der Waals surface area contributed by atoms with Gasteiger partial charge in [0.25, 0.3) is 11.8 Å². The average Bonchev–Trinajstić information content (AvgIpc) is 3.41. The monoisotopic (exact) mass is 468 g/mol. The first-order valence-corrected chi connectivity index (χ1v) is 10.5. The van der Waals surface area contributed by atoms with Gasteiger partial charge in [-0.15, -0.1) is 0 Å². The lowest BCUT2D eigenvalue weighted by molar-refractivity contribution is -0.122. The number of hydrogen-bond acceptors (Lipinski definition) is 7. The summed E-state index contributed by atoms with van der Waals surface area (Å²) in [5.74, 6) is -0.381. The summed E-state index contributed by atoms with van der Waals surface area (Å²) in [5.41, 5.74) is 0.00763. The number of urea groups is 1. The Morgan fingerprint density at radius 1 is 0.969 bits per heavy atom. The van der Waals surface area contributed by atoms with E-state index >= 15 is 0 Å². The molecule has 32 heavy (non-hydrogen) atoms. The number of anilines is 1. The van der Waals surface area contributed by atoms with E-state index in [4.69, 9.17) is 25.5 Å². The van der Waals surface area contributed by atoms with Crippen LogP contribution in [0.4, 0.5) is 10.5 Å².